The normalized spacial score (nSPS) is 28.9. The molecule has 1 aromatic rings. The first-order chi connectivity index (χ1) is 8.20. The molecule has 2 bridgehead atoms. The van der Waals surface area contributed by atoms with Crippen LogP contribution in [0, 0.1) is 0 Å². The molecule has 2 unspecified atom stereocenters. The van der Waals surface area contributed by atoms with Crippen LogP contribution < -0.4 is 10.1 Å². The van der Waals surface area contributed by atoms with Crippen molar-refractivity contribution in [3.63, 3.8) is 0 Å². The Kier molecular flexibility index (Phi) is 4.59. The smallest absolute Gasteiger partial charge is 0.121 e. The van der Waals surface area contributed by atoms with Crippen molar-refractivity contribution in [2.24, 2.45) is 0 Å². The minimum Gasteiger partial charge on any atom is -0.490 e. The van der Waals surface area contributed by atoms with Gasteiger partial charge < -0.3 is 10.1 Å². The second-order valence-corrected chi connectivity index (χ2v) is 5.81. The molecule has 18 heavy (non-hydrogen) atoms. The fraction of sp³-hybridized carbons (Fsp3) is 0.385. The maximum Gasteiger partial charge on any atom is 0.121 e. The molecule has 2 aliphatic heterocycles. The fourth-order valence-electron chi connectivity index (χ4n) is 2.45. The average molecular weight is 351 g/mol. The fourth-order valence-corrected chi connectivity index (χ4v) is 2.87. The Balaban J connectivity index is 0.00000120. The third kappa shape index (κ3) is 3.02. The van der Waals surface area contributed by atoms with Gasteiger partial charge in [0.05, 0.1) is 5.02 Å². The molecule has 0 spiro atoms. The minimum atomic E-state index is 0. The summed E-state index contributed by atoms with van der Waals surface area (Å²) >= 11 is 9.43. The zero-order valence-electron chi connectivity index (χ0n) is 9.61. The van der Waals surface area contributed by atoms with E-state index < -0.39 is 0 Å². The first-order valence-electron chi connectivity index (χ1n) is 5.77. The van der Waals surface area contributed by atoms with Crippen molar-refractivity contribution in [1.82, 2.24) is 5.32 Å². The SMILES string of the molecule is Cl.Clc1cc(OC2CC3C=CC(C2)N3)ccc1Br. The molecule has 0 radical (unpaired) electrons. The van der Waals surface area contributed by atoms with Gasteiger partial charge in [-0.2, -0.15) is 0 Å². The van der Waals surface area contributed by atoms with E-state index in [9.17, 15) is 0 Å². The first-order valence-corrected chi connectivity index (χ1v) is 6.94. The molecular formula is C13H14BrCl2NO. The van der Waals surface area contributed by atoms with Crippen LogP contribution in [0.2, 0.25) is 5.02 Å². The molecule has 2 nitrogen and oxygen atoms in total. The Morgan fingerprint density at radius 1 is 1.22 bits per heavy atom. The standard InChI is InChI=1S/C13H13BrClNO.ClH/c14-12-4-3-10(7-13(12)15)17-11-5-8-1-2-9(6-11)16-8;/h1-4,7-9,11,16H,5-6H2;1H. The summed E-state index contributed by atoms with van der Waals surface area (Å²) in [6, 6.07) is 6.69. The molecule has 1 aromatic carbocycles. The number of hydrogen-bond acceptors (Lipinski definition) is 2. The van der Waals surface area contributed by atoms with Crippen molar-refractivity contribution >= 4 is 39.9 Å². The van der Waals surface area contributed by atoms with Crippen LogP contribution in [0.15, 0.2) is 34.8 Å². The van der Waals surface area contributed by atoms with E-state index in [4.69, 9.17) is 16.3 Å². The van der Waals surface area contributed by atoms with Gasteiger partial charge in [-0.05, 0) is 34.1 Å². The van der Waals surface area contributed by atoms with Crippen LogP contribution in [0.3, 0.4) is 0 Å². The minimum absolute atomic E-state index is 0. The zero-order chi connectivity index (χ0) is 11.8. The number of piperidine rings is 1. The molecule has 0 aliphatic carbocycles. The highest BCUT2D eigenvalue weighted by Gasteiger charge is 2.30. The highest BCUT2D eigenvalue weighted by atomic mass is 79.9. The predicted octanol–water partition coefficient (Wildman–Crippen LogP) is 3.96. The van der Waals surface area contributed by atoms with Crippen LogP contribution in [0.1, 0.15) is 12.8 Å². The van der Waals surface area contributed by atoms with E-state index in [1.807, 2.05) is 18.2 Å². The Labute approximate surface area is 126 Å². The number of rotatable bonds is 2. The Bertz CT molecular complexity index is 452. The van der Waals surface area contributed by atoms with Gasteiger partial charge in [-0.25, -0.2) is 0 Å². The first kappa shape index (κ1) is 14.2. The monoisotopic (exact) mass is 349 g/mol. The van der Waals surface area contributed by atoms with Crippen LogP contribution in [0.25, 0.3) is 0 Å². The van der Waals surface area contributed by atoms with Crippen LogP contribution in [-0.4, -0.2) is 18.2 Å². The number of halogens is 3. The second kappa shape index (κ2) is 5.83. The number of fused-ring (bicyclic) bond motifs is 2. The van der Waals surface area contributed by atoms with Gasteiger partial charge in [0, 0.05) is 29.4 Å². The molecule has 0 aromatic heterocycles. The third-order valence-corrected chi connectivity index (χ3v) is 4.46. The molecule has 3 rings (SSSR count). The Morgan fingerprint density at radius 3 is 2.50 bits per heavy atom. The Hall–Kier alpha value is -0.220. The summed E-state index contributed by atoms with van der Waals surface area (Å²) in [5.74, 6) is 0.851. The lowest BCUT2D eigenvalue weighted by Gasteiger charge is -2.29. The van der Waals surface area contributed by atoms with E-state index >= 15 is 0 Å². The maximum atomic E-state index is 6.05. The number of hydrogen-bond donors (Lipinski definition) is 1. The van der Waals surface area contributed by atoms with Gasteiger partial charge in [0.1, 0.15) is 11.9 Å². The average Bonchev–Trinajstić information content (AvgIpc) is 2.64. The van der Waals surface area contributed by atoms with Crippen molar-refractivity contribution in [3.05, 3.63) is 39.8 Å². The van der Waals surface area contributed by atoms with Gasteiger partial charge in [-0.1, -0.05) is 23.8 Å². The zero-order valence-corrected chi connectivity index (χ0v) is 12.8. The lowest BCUT2D eigenvalue weighted by Crippen LogP contribution is -2.43. The molecule has 2 heterocycles. The summed E-state index contributed by atoms with van der Waals surface area (Å²) in [6.45, 7) is 0. The number of ether oxygens (including phenoxy) is 1. The van der Waals surface area contributed by atoms with Crippen LogP contribution in [0.5, 0.6) is 5.75 Å². The van der Waals surface area contributed by atoms with Gasteiger partial charge in [-0.3, -0.25) is 0 Å². The van der Waals surface area contributed by atoms with E-state index in [1.165, 1.54) is 0 Å². The van der Waals surface area contributed by atoms with Crippen molar-refractivity contribution < 1.29 is 4.74 Å². The predicted molar refractivity (Wildman–Crippen MR) is 79.9 cm³/mol. The maximum absolute atomic E-state index is 6.05. The summed E-state index contributed by atoms with van der Waals surface area (Å²) in [4.78, 5) is 0. The van der Waals surface area contributed by atoms with Crippen LogP contribution >= 0.6 is 39.9 Å². The molecule has 1 N–H and O–H groups in total. The lowest BCUT2D eigenvalue weighted by atomic mass is 10.0. The molecule has 1 saturated heterocycles. The molecule has 2 atom stereocenters. The highest BCUT2D eigenvalue weighted by Crippen LogP contribution is 2.30. The summed E-state index contributed by atoms with van der Waals surface area (Å²) in [6.07, 6.45) is 6.81. The summed E-state index contributed by atoms with van der Waals surface area (Å²) in [5.41, 5.74) is 0. The summed E-state index contributed by atoms with van der Waals surface area (Å²) in [5, 5.41) is 4.19. The quantitative estimate of drug-likeness (QED) is 0.815. The van der Waals surface area contributed by atoms with Crippen LogP contribution in [-0.2, 0) is 0 Å². The van der Waals surface area contributed by atoms with Gasteiger partial charge in [0.15, 0.2) is 0 Å². The second-order valence-electron chi connectivity index (χ2n) is 4.55. The van der Waals surface area contributed by atoms with Gasteiger partial charge >= 0.3 is 0 Å². The molecule has 0 saturated carbocycles. The van der Waals surface area contributed by atoms with Gasteiger partial charge in [0.25, 0.3) is 0 Å². The van der Waals surface area contributed by atoms with E-state index in [0.29, 0.717) is 17.1 Å². The molecule has 2 aliphatic rings. The molecule has 5 heteroatoms. The Morgan fingerprint density at radius 2 is 1.89 bits per heavy atom. The van der Waals surface area contributed by atoms with Crippen LogP contribution in [0.4, 0.5) is 0 Å². The van der Waals surface area contributed by atoms with Gasteiger partial charge in [-0.15, -0.1) is 12.4 Å². The molecule has 98 valence electrons. The van der Waals surface area contributed by atoms with E-state index in [2.05, 4.69) is 33.4 Å². The lowest BCUT2D eigenvalue weighted by molar-refractivity contribution is 0.142. The third-order valence-electron chi connectivity index (χ3n) is 3.23. The number of benzene rings is 1. The van der Waals surface area contributed by atoms with Crippen molar-refractivity contribution in [2.75, 3.05) is 0 Å². The molecule has 1 fully saturated rings. The van der Waals surface area contributed by atoms with Crippen molar-refractivity contribution in [2.45, 2.75) is 31.0 Å². The van der Waals surface area contributed by atoms with E-state index in [-0.39, 0.29) is 18.5 Å². The summed E-state index contributed by atoms with van der Waals surface area (Å²) < 4.78 is 6.89. The van der Waals surface area contributed by atoms with Gasteiger partial charge in [0.2, 0.25) is 0 Å². The highest BCUT2D eigenvalue weighted by molar-refractivity contribution is 9.10. The number of nitrogens with one attached hydrogen (secondary N) is 1. The molecule has 0 amide bonds. The van der Waals surface area contributed by atoms with E-state index in [1.54, 1.807) is 0 Å². The van der Waals surface area contributed by atoms with E-state index in [0.717, 1.165) is 23.1 Å². The topological polar surface area (TPSA) is 21.3 Å². The van der Waals surface area contributed by atoms with Crippen molar-refractivity contribution in [3.8, 4) is 5.75 Å². The molecular weight excluding hydrogens is 337 g/mol. The van der Waals surface area contributed by atoms with Crippen molar-refractivity contribution in [1.29, 1.82) is 0 Å². The largest absolute Gasteiger partial charge is 0.490 e. The summed E-state index contributed by atoms with van der Waals surface area (Å²) in [7, 11) is 0.